The summed E-state index contributed by atoms with van der Waals surface area (Å²) in [5, 5.41) is 3.40. The van der Waals surface area contributed by atoms with E-state index in [-0.39, 0.29) is 6.04 Å². The van der Waals surface area contributed by atoms with Crippen molar-refractivity contribution in [3.05, 3.63) is 0 Å². The van der Waals surface area contributed by atoms with E-state index in [1.54, 1.807) is 0 Å². The van der Waals surface area contributed by atoms with E-state index in [4.69, 9.17) is 0 Å². The molecule has 1 amide bonds. The zero-order chi connectivity index (χ0) is 13.0. The van der Waals surface area contributed by atoms with E-state index in [1.807, 2.05) is 0 Å². The fourth-order valence-corrected chi connectivity index (χ4v) is 3.31. The van der Waals surface area contributed by atoms with Gasteiger partial charge in [-0.25, -0.2) is 0 Å². The van der Waals surface area contributed by atoms with Crippen LogP contribution in [-0.2, 0) is 4.79 Å². The molecule has 0 spiro atoms. The van der Waals surface area contributed by atoms with Crippen LogP contribution in [-0.4, -0.2) is 36.5 Å². The molecule has 2 saturated heterocycles. The first kappa shape index (κ1) is 13.9. The van der Waals surface area contributed by atoms with Crippen molar-refractivity contribution >= 4 is 5.91 Å². The van der Waals surface area contributed by atoms with Crippen LogP contribution in [0.2, 0.25) is 0 Å². The summed E-state index contributed by atoms with van der Waals surface area (Å²) in [6.45, 7) is 7.48. The van der Waals surface area contributed by atoms with Crippen LogP contribution in [0.5, 0.6) is 0 Å². The van der Waals surface area contributed by atoms with E-state index >= 15 is 0 Å². The molecule has 2 fully saturated rings. The molecule has 104 valence electrons. The highest BCUT2D eigenvalue weighted by atomic mass is 16.2. The summed E-state index contributed by atoms with van der Waals surface area (Å²) < 4.78 is 0. The van der Waals surface area contributed by atoms with Gasteiger partial charge in [0.25, 0.3) is 0 Å². The first-order valence-electron chi connectivity index (χ1n) is 7.73. The van der Waals surface area contributed by atoms with Gasteiger partial charge in [0.05, 0.1) is 6.04 Å². The van der Waals surface area contributed by atoms with Gasteiger partial charge in [0.2, 0.25) is 5.91 Å². The van der Waals surface area contributed by atoms with Crippen molar-refractivity contribution < 1.29 is 4.79 Å². The maximum atomic E-state index is 12.5. The maximum Gasteiger partial charge on any atom is 0.239 e. The fraction of sp³-hybridized carbons (Fsp3) is 0.933. The van der Waals surface area contributed by atoms with Crippen molar-refractivity contribution in [2.24, 2.45) is 11.8 Å². The van der Waals surface area contributed by atoms with Crippen LogP contribution in [0.25, 0.3) is 0 Å². The summed E-state index contributed by atoms with van der Waals surface area (Å²) in [5.41, 5.74) is 0. The molecule has 3 unspecified atom stereocenters. The molecule has 0 aromatic carbocycles. The number of carbonyl (C=O) groups excluding carboxylic acids is 1. The monoisotopic (exact) mass is 252 g/mol. The Morgan fingerprint density at radius 1 is 1.28 bits per heavy atom. The molecule has 0 aromatic rings. The molecule has 3 heteroatoms. The van der Waals surface area contributed by atoms with E-state index in [9.17, 15) is 4.79 Å². The highest BCUT2D eigenvalue weighted by Crippen LogP contribution is 2.22. The van der Waals surface area contributed by atoms with Gasteiger partial charge in [-0.2, -0.15) is 0 Å². The summed E-state index contributed by atoms with van der Waals surface area (Å²) in [4.78, 5) is 14.6. The molecule has 2 aliphatic heterocycles. The Balaban J connectivity index is 1.88. The first-order chi connectivity index (χ1) is 8.70. The number of amides is 1. The Kier molecular flexibility index (Phi) is 5.04. The van der Waals surface area contributed by atoms with Crippen molar-refractivity contribution in [3.63, 3.8) is 0 Å². The van der Waals surface area contributed by atoms with Crippen LogP contribution >= 0.6 is 0 Å². The molecular weight excluding hydrogens is 224 g/mol. The lowest BCUT2D eigenvalue weighted by atomic mass is 9.93. The summed E-state index contributed by atoms with van der Waals surface area (Å²) in [7, 11) is 0. The van der Waals surface area contributed by atoms with Crippen LogP contribution < -0.4 is 5.32 Å². The van der Waals surface area contributed by atoms with Crippen molar-refractivity contribution in [2.45, 2.75) is 58.4 Å². The molecule has 1 N–H and O–H groups in total. The quantitative estimate of drug-likeness (QED) is 0.818. The number of carbonyl (C=O) groups is 1. The molecule has 2 aliphatic rings. The van der Waals surface area contributed by atoms with Crippen LogP contribution in [0, 0.1) is 11.8 Å². The average Bonchev–Trinajstić information content (AvgIpc) is 2.63. The minimum atomic E-state index is 0.0897. The standard InChI is InChI=1S/C15H28N2O/c1-3-13-5-4-9-17(10-7-13)15(18)14-11-12(2)6-8-16-14/h12-14,16H,3-11H2,1-2H3. The van der Waals surface area contributed by atoms with E-state index in [0.717, 1.165) is 32.0 Å². The van der Waals surface area contributed by atoms with E-state index < -0.39 is 0 Å². The van der Waals surface area contributed by atoms with Gasteiger partial charge in [-0.1, -0.05) is 20.3 Å². The van der Waals surface area contributed by atoms with Crippen LogP contribution in [0.3, 0.4) is 0 Å². The van der Waals surface area contributed by atoms with Gasteiger partial charge in [0.1, 0.15) is 0 Å². The first-order valence-corrected chi connectivity index (χ1v) is 7.73. The average molecular weight is 252 g/mol. The summed E-state index contributed by atoms with van der Waals surface area (Å²) in [6.07, 6.45) is 7.18. The Hall–Kier alpha value is -0.570. The van der Waals surface area contributed by atoms with Crippen molar-refractivity contribution in [1.29, 1.82) is 0 Å². The highest BCUT2D eigenvalue weighted by molar-refractivity contribution is 5.82. The molecule has 3 atom stereocenters. The number of hydrogen-bond donors (Lipinski definition) is 1. The van der Waals surface area contributed by atoms with Crippen LogP contribution in [0.15, 0.2) is 0 Å². The molecule has 3 nitrogen and oxygen atoms in total. The Morgan fingerprint density at radius 2 is 2.11 bits per heavy atom. The zero-order valence-electron chi connectivity index (χ0n) is 12.0. The Bertz CT molecular complexity index is 280. The number of likely N-dealkylation sites (tertiary alicyclic amines) is 1. The topological polar surface area (TPSA) is 32.3 Å². The third-order valence-electron chi connectivity index (χ3n) is 4.70. The molecule has 0 bridgehead atoms. The second-order valence-corrected chi connectivity index (χ2v) is 6.17. The van der Waals surface area contributed by atoms with E-state index in [0.29, 0.717) is 11.8 Å². The number of rotatable bonds is 2. The minimum absolute atomic E-state index is 0.0897. The molecule has 0 aromatic heterocycles. The van der Waals surface area contributed by atoms with Gasteiger partial charge in [-0.05, 0) is 50.5 Å². The van der Waals surface area contributed by atoms with Gasteiger partial charge in [0.15, 0.2) is 0 Å². The molecule has 0 saturated carbocycles. The van der Waals surface area contributed by atoms with Crippen LogP contribution in [0.1, 0.15) is 52.4 Å². The molecule has 2 rings (SSSR count). The molecule has 2 heterocycles. The van der Waals surface area contributed by atoms with E-state index in [1.165, 1.54) is 32.1 Å². The lowest BCUT2D eigenvalue weighted by molar-refractivity contribution is -0.134. The number of nitrogens with zero attached hydrogens (tertiary/aromatic N) is 1. The SMILES string of the molecule is CCC1CCCN(C(=O)C2CC(C)CCN2)CC1. The van der Waals surface area contributed by atoms with Crippen molar-refractivity contribution in [3.8, 4) is 0 Å². The number of hydrogen-bond acceptors (Lipinski definition) is 2. The smallest absolute Gasteiger partial charge is 0.239 e. The molecular formula is C15H28N2O. The van der Waals surface area contributed by atoms with E-state index in [2.05, 4.69) is 24.1 Å². The van der Waals surface area contributed by atoms with Crippen LogP contribution in [0.4, 0.5) is 0 Å². The van der Waals surface area contributed by atoms with Crippen molar-refractivity contribution in [2.75, 3.05) is 19.6 Å². The Morgan fingerprint density at radius 3 is 2.83 bits per heavy atom. The van der Waals surface area contributed by atoms with Crippen molar-refractivity contribution in [1.82, 2.24) is 10.2 Å². The molecule has 0 aliphatic carbocycles. The maximum absolute atomic E-state index is 12.5. The third-order valence-corrected chi connectivity index (χ3v) is 4.70. The lowest BCUT2D eigenvalue weighted by Gasteiger charge is -2.32. The lowest BCUT2D eigenvalue weighted by Crippen LogP contribution is -2.50. The molecule has 18 heavy (non-hydrogen) atoms. The number of piperidine rings is 1. The third kappa shape index (κ3) is 3.47. The predicted octanol–water partition coefficient (Wildman–Crippen LogP) is 2.41. The fourth-order valence-electron chi connectivity index (χ4n) is 3.31. The van der Waals surface area contributed by atoms with Gasteiger partial charge >= 0.3 is 0 Å². The normalized spacial score (nSPS) is 34.1. The summed E-state index contributed by atoms with van der Waals surface area (Å²) >= 11 is 0. The summed E-state index contributed by atoms with van der Waals surface area (Å²) in [6, 6.07) is 0.0897. The second kappa shape index (κ2) is 6.55. The highest BCUT2D eigenvalue weighted by Gasteiger charge is 2.29. The zero-order valence-corrected chi connectivity index (χ0v) is 12.0. The minimum Gasteiger partial charge on any atom is -0.341 e. The largest absolute Gasteiger partial charge is 0.341 e. The number of nitrogens with one attached hydrogen (secondary N) is 1. The predicted molar refractivity (Wildman–Crippen MR) is 74.4 cm³/mol. The van der Waals surface area contributed by atoms with Gasteiger partial charge < -0.3 is 10.2 Å². The molecule has 0 radical (unpaired) electrons. The summed E-state index contributed by atoms with van der Waals surface area (Å²) in [5.74, 6) is 1.88. The second-order valence-electron chi connectivity index (χ2n) is 6.17. The van der Waals surface area contributed by atoms with Gasteiger partial charge in [-0.15, -0.1) is 0 Å². The van der Waals surface area contributed by atoms with Gasteiger partial charge in [0, 0.05) is 13.1 Å². The van der Waals surface area contributed by atoms with Gasteiger partial charge in [-0.3, -0.25) is 4.79 Å². The Labute approximate surface area is 111 Å².